The molecule has 1 fully saturated rings. The maximum atomic E-state index is 11.9. The molecular formula is C18H30N4O5Si. The normalized spacial score (nSPS) is 25.9. The molecule has 28 heavy (non-hydrogen) atoms. The van der Waals surface area contributed by atoms with E-state index in [0.29, 0.717) is 6.54 Å². The first-order valence-corrected chi connectivity index (χ1v) is 12.2. The van der Waals surface area contributed by atoms with Crippen LogP contribution in [0, 0.1) is 16.0 Å². The summed E-state index contributed by atoms with van der Waals surface area (Å²) in [6.45, 7) is 13.3. The summed E-state index contributed by atoms with van der Waals surface area (Å²) in [6, 6.07) is 1.50. The minimum absolute atomic E-state index is 0.0741. The molecule has 0 radical (unpaired) electrons. The summed E-state index contributed by atoms with van der Waals surface area (Å²) in [5, 5.41) is 14.8. The minimum Gasteiger partial charge on any atom is -0.434 e. The fourth-order valence-corrected chi connectivity index (χ4v) is 4.74. The van der Waals surface area contributed by atoms with E-state index >= 15 is 0 Å². The summed E-state index contributed by atoms with van der Waals surface area (Å²) in [5.41, 5.74) is 3.98. The number of nitrogens with zero attached hydrogens (tertiary/aromatic N) is 2. The summed E-state index contributed by atoms with van der Waals surface area (Å²) >= 11 is 0. The van der Waals surface area contributed by atoms with Gasteiger partial charge in [-0.05, 0) is 30.1 Å². The lowest BCUT2D eigenvalue weighted by molar-refractivity contribution is -0.387. The van der Waals surface area contributed by atoms with Crippen molar-refractivity contribution >= 4 is 20.1 Å². The Morgan fingerprint density at radius 2 is 2.11 bits per heavy atom. The molecule has 0 unspecified atom stereocenters. The molecule has 1 aromatic rings. The smallest absolute Gasteiger partial charge is 0.405 e. The van der Waals surface area contributed by atoms with Crippen molar-refractivity contribution in [3.8, 4) is 0 Å². The van der Waals surface area contributed by atoms with E-state index in [1.165, 1.54) is 12.3 Å². The van der Waals surface area contributed by atoms with Crippen molar-refractivity contribution in [2.24, 2.45) is 11.7 Å². The van der Waals surface area contributed by atoms with Gasteiger partial charge in [-0.25, -0.2) is 4.79 Å². The van der Waals surface area contributed by atoms with Gasteiger partial charge in [0.2, 0.25) is 0 Å². The number of hydrogen-bond acceptors (Lipinski definition) is 7. The van der Waals surface area contributed by atoms with Gasteiger partial charge in [0.25, 0.3) is 5.69 Å². The molecule has 1 saturated heterocycles. The largest absolute Gasteiger partial charge is 0.434 e. The molecule has 0 saturated carbocycles. The van der Waals surface area contributed by atoms with Gasteiger partial charge in [-0.15, -0.1) is 0 Å². The zero-order valence-corrected chi connectivity index (χ0v) is 18.3. The van der Waals surface area contributed by atoms with E-state index in [0.717, 1.165) is 6.20 Å². The second-order valence-corrected chi connectivity index (χ2v) is 13.6. The zero-order valence-electron chi connectivity index (χ0n) is 17.3. The Bertz CT molecular complexity index is 752. The molecule has 2 heterocycles. The van der Waals surface area contributed by atoms with Crippen LogP contribution in [0.4, 0.5) is 10.5 Å². The number of nitro groups is 1. The predicted molar refractivity (Wildman–Crippen MR) is 107 cm³/mol. The van der Waals surface area contributed by atoms with Gasteiger partial charge in [0.15, 0.2) is 13.9 Å². The highest BCUT2D eigenvalue weighted by atomic mass is 28.4. The van der Waals surface area contributed by atoms with E-state index < -0.39 is 31.0 Å². The molecule has 9 nitrogen and oxygen atoms in total. The quantitative estimate of drug-likeness (QED) is 0.433. The number of amides is 1. The third kappa shape index (κ3) is 4.18. The number of carbonyl (C=O) groups is 1. The van der Waals surface area contributed by atoms with Crippen molar-refractivity contribution in [1.82, 2.24) is 10.3 Å². The first kappa shape index (κ1) is 22.2. The Hall–Kier alpha value is -2.04. The number of aromatic nitrogens is 1. The number of ether oxygens (including phenoxy) is 1. The molecule has 156 valence electrons. The fourth-order valence-electron chi connectivity index (χ4n) is 3.32. The number of primary amides is 1. The summed E-state index contributed by atoms with van der Waals surface area (Å²) in [4.78, 5) is 26.9. The average molecular weight is 411 g/mol. The van der Waals surface area contributed by atoms with Crippen molar-refractivity contribution in [1.29, 1.82) is 0 Å². The van der Waals surface area contributed by atoms with E-state index in [9.17, 15) is 14.9 Å². The molecule has 3 N–H and O–H groups in total. The monoisotopic (exact) mass is 410 g/mol. The lowest BCUT2D eigenvalue weighted by atomic mass is 9.78. The molecule has 1 amide bonds. The second-order valence-electron chi connectivity index (χ2n) is 8.87. The SMILES string of the molecule is C[C@H]1CNC[C@](OC(N)=O)(c2ccncc2[N+](=O)[O-])[C@@H]1O[Si](C)(C)C(C)(C)C. The van der Waals surface area contributed by atoms with E-state index in [4.69, 9.17) is 14.9 Å². The van der Waals surface area contributed by atoms with Crippen molar-refractivity contribution < 1.29 is 18.9 Å². The molecule has 0 bridgehead atoms. The average Bonchev–Trinajstić information content (AvgIpc) is 2.56. The number of rotatable bonds is 5. The van der Waals surface area contributed by atoms with Crippen LogP contribution in [0.1, 0.15) is 33.3 Å². The maximum absolute atomic E-state index is 11.9. The van der Waals surface area contributed by atoms with Gasteiger partial charge in [-0.3, -0.25) is 15.1 Å². The number of piperidine rings is 1. The summed E-state index contributed by atoms with van der Waals surface area (Å²) in [5.74, 6) is -0.0741. The molecule has 10 heteroatoms. The van der Waals surface area contributed by atoms with Crippen LogP contribution in [0.3, 0.4) is 0 Å². The van der Waals surface area contributed by atoms with Crippen molar-refractivity contribution in [3.05, 3.63) is 34.1 Å². The highest BCUT2D eigenvalue weighted by Crippen LogP contribution is 2.45. The molecule has 3 atom stereocenters. The fraction of sp³-hybridized carbons (Fsp3) is 0.667. The summed E-state index contributed by atoms with van der Waals surface area (Å²) < 4.78 is 12.3. The standard InChI is InChI=1S/C18H30N4O5Si/c1-12-9-21-11-18(26-16(19)23,13-7-8-20-10-14(13)22(24)25)15(12)27-28(5,6)17(2,3)4/h7-8,10,12,15,21H,9,11H2,1-6H3,(H2,19,23)/t12-,15+,18-/m0/s1. The molecule has 0 spiro atoms. The summed E-state index contributed by atoms with van der Waals surface area (Å²) in [6.07, 6.45) is 0.996. The van der Waals surface area contributed by atoms with Crippen molar-refractivity contribution in [2.45, 2.75) is 57.5 Å². The Balaban J connectivity index is 2.68. The third-order valence-corrected chi connectivity index (χ3v) is 10.2. The van der Waals surface area contributed by atoms with Crippen LogP contribution in [-0.4, -0.2) is 43.5 Å². The molecule has 1 aliphatic heterocycles. The molecule has 1 aliphatic rings. The number of nitrogens with one attached hydrogen (secondary N) is 1. The number of carbonyl (C=O) groups excluding carboxylic acids is 1. The van der Waals surface area contributed by atoms with E-state index in [-0.39, 0.29) is 28.8 Å². The Morgan fingerprint density at radius 1 is 1.46 bits per heavy atom. The third-order valence-electron chi connectivity index (χ3n) is 5.79. The first-order valence-electron chi connectivity index (χ1n) is 9.27. The molecule has 0 aromatic carbocycles. The lowest BCUT2D eigenvalue weighted by Crippen LogP contribution is -2.63. The second kappa shape index (κ2) is 7.76. The number of nitrogens with two attached hydrogens (primary N) is 1. The molecular weight excluding hydrogens is 380 g/mol. The van der Waals surface area contributed by atoms with Gasteiger partial charge in [-0.1, -0.05) is 27.7 Å². The predicted octanol–water partition coefficient (Wildman–Crippen LogP) is 2.91. The van der Waals surface area contributed by atoms with E-state index in [2.05, 4.69) is 44.2 Å². The van der Waals surface area contributed by atoms with Gasteiger partial charge in [0.05, 0.1) is 16.6 Å². The Morgan fingerprint density at radius 3 is 2.64 bits per heavy atom. The van der Waals surface area contributed by atoms with Gasteiger partial charge in [-0.2, -0.15) is 0 Å². The van der Waals surface area contributed by atoms with Crippen molar-refractivity contribution in [3.63, 3.8) is 0 Å². The van der Waals surface area contributed by atoms with Crippen LogP contribution >= 0.6 is 0 Å². The highest BCUT2D eigenvalue weighted by Gasteiger charge is 2.55. The van der Waals surface area contributed by atoms with Gasteiger partial charge in [0, 0.05) is 19.3 Å². The van der Waals surface area contributed by atoms with E-state index in [1.54, 1.807) is 0 Å². The number of pyridine rings is 1. The first-order chi connectivity index (χ1) is 12.8. The van der Waals surface area contributed by atoms with Gasteiger partial charge in [0.1, 0.15) is 6.20 Å². The number of hydrogen-bond donors (Lipinski definition) is 2. The highest BCUT2D eigenvalue weighted by molar-refractivity contribution is 6.74. The van der Waals surface area contributed by atoms with Gasteiger partial charge < -0.3 is 20.2 Å². The summed E-state index contributed by atoms with van der Waals surface area (Å²) in [7, 11) is -2.30. The maximum Gasteiger partial charge on any atom is 0.405 e. The minimum atomic E-state index is -2.30. The van der Waals surface area contributed by atoms with Crippen LogP contribution in [0.15, 0.2) is 18.5 Å². The zero-order chi connectivity index (χ0) is 21.3. The van der Waals surface area contributed by atoms with Crippen LogP contribution in [0.2, 0.25) is 18.1 Å². The van der Waals surface area contributed by atoms with E-state index in [1.807, 2.05) is 6.92 Å². The Labute approximate surface area is 166 Å². The Kier molecular flexibility index (Phi) is 6.17. The van der Waals surface area contributed by atoms with Crippen LogP contribution in [-0.2, 0) is 14.8 Å². The molecule has 1 aromatic heterocycles. The molecule has 2 rings (SSSR count). The van der Waals surface area contributed by atoms with Crippen LogP contribution in [0.5, 0.6) is 0 Å². The molecule has 0 aliphatic carbocycles. The van der Waals surface area contributed by atoms with Crippen LogP contribution in [0.25, 0.3) is 0 Å². The van der Waals surface area contributed by atoms with Crippen LogP contribution < -0.4 is 11.1 Å². The van der Waals surface area contributed by atoms with Gasteiger partial charge >= 0.3 is 6.09 Å². The lowest BCUT2D eigenvalue weighted by Gasteiger charge is -2.50. The topological polar surface area (TPSA) is 130 Å². The van der Waals surface area contributed by atoms with Crippen molar-refractivity contribution in [2.75, 3.05) is 13.1 Å².